The number of nitro groups is 1. The van der Waals surface area contributed by atoms with Crippen molar-refractivity contribution in [2.24, 2.45) is 0 Å². The molecule has 7 nitrogen and oxygen atoms in total. The molecular weight excluding hydrogens is 218 g/mol. The minimum Gasteiger partial charge on any atom is -0.502 e. The van der Waals surface area contributed by atoms with E-state index in [0.717, 1.165) is 12.1 Å². The number of hydrogen-bond donors (Lipinski definition) is 3. The summed E-state index contributed by atoms with van der Waals surface area (Å²) in [5.41, 5.74) is -0.378. The average Bonchev–Trinajstić information content (AvgIpc) is 2.15. The SMILES string of the molecule is O=C(O)C[C@H](O)c1ccc([N+](=O)[O-])c(O)c1. The summed E-state index contributed by atoms with van der Waals surface area (Å²) in [7, 11) is 0. The molecule has 1 atom stereocenters. The van der Waals surface area contributed by atoms with Gasteiger partial charge in [-0.05, 0) is 17.7 Å². The molecule has 0 spiro atoms. The van der Waals surface area contributed by atoms with Gasteiger partial charge in [0.05, 0.1) is 17.4 Å². The van der Waals surface area contributed by atoms with Crippen molar-refractivity contribution in [3.8, 4) is 5.75 Å². The summed E-state index contributed by atoms with van der Waals surface area (Å²) in [6.45, 7) is 0. The normalized spacial score (nSPS) is 12.1. The Balaban J connectivity index is 2.96. The lowest BCUT2D eigenvalue weighted by molar-refractivity contribution is -0.385. The van der Waals surface area contributed by atoms with Gasteiger partial charge in [-0.2, -0.15) is 0 Å². The lowest BCUT2D eigenvalue weighted by atomic mass is 10.1. The molecule has 7 heteroatoms. The average molecular weight is 227 g/mol. The van der Waals surface area contributed by atoms with Crippen LogP contribution in [-0.2, 0) is 4.79 Å². The Hall–Kier alpha value is -2.15. The number of nitrogens with zero attached hydrogens (tertiary/aromatic N) is 1. The monoisotopic (exact) mass is 227 g/mol. The van der Waals surface area contributed by atoms with E-state index >= 15 is 0 Å². The number of aromatic hydroxyl groups is 1. The maximum Gasteiger partial charge on any atom is 0.310 e. The minimum absolute atomic E-state index is 0.116. The number of phenolic OH excluding ortho intramolecular Hbond substituents is 1. The van der Waals surface area contributed by atoms with Gasteiger partial charge < -0.3 is 15.3 Å². The van der Waals surface area contributed by atoms with Crippen molar-refractivity contribution in [2.75, 3.05) is 0 Å². The van der Waals surface area contributed by atoms with E-state index in [1.165, 1.54) is 6.07 Å². The Morgan fingerprint density at radius 3 is 2.56 bits per heavy atom. The first-order chi connectivity index (χ1) is 7.41. The molecular formula is C9H9NO6. The Morgan fingerprint density at radius 1 is 1.50 bits per heavy atom. The van der Waals surface area contributed by atoms with Crippen molar-refractivity contribution in [3.05, 3.63) is 33.9 Å². The van der Waals surface area contributed by atoms with E-state index in [-0.39, 0.29) is 5.56 Å². The molecule has 0 fully saturated rings. The number of hydrogen-bond acceptors (Lipinski definition) is 5. The van der Waals surface area contributed by atoms with Crippen LogP contribution in [0.1, 0.15) is 18.1 Å². The zero-order valence-corrected chi connectivity index (χ0v) is 8.03. The van der Waals surface area contributed by atoms with Crippen molar-refractivity contribution < 1.29 is 25.0 Å². The fourth-order valence-corrected chi connectivity index (χ4v) is 1.19. The molecule has 0 amide bonds. The van der Waals surface area contributed by atoms with Crippen molar-refractivity contribution in [2.45, 2.75) is 12.5 Å². The zero-order valence-electron chi connectivity index (χ0n) is 8.03. The number of phenols is 1. The molecule has 0 aromatic heterocycles. The van der Waals surface area contributed by atoms with Crippen molar-refractivity contribution in [1.82, 2.24) is 0 Å². The van der Waals surface area contributed by atoms with E-state index < -0.39 is 34.9 Å². The van der Waals surface area contributed by atoms with E-state index in [1.807, 2.05) is 0 Å². The molecule has 0 radical (unpaired) electrons. The number of aliphatic hydroxyl groups is 1. The molecule has 0 unspecified atom stereocenters. The van der Waals surface area contributed by atoms with E-state index in [2.05, 4.69) is 0 Å². The minimum atomic E-state index is -1.30. The fourth-order valence-electron chi connectivity index (χ4n) is 1.19. The Bertz CT molecular complexity index is 430. The van der Waals surface area contributed by atoms with Gasteiger partial charge in [-0.1, -0.05) is 0 Å². The van der Waals surface area contributed by atoms with E-state index in [4.69, 9.17) is 5.11 Å². The largest absolute Gasteiger partial charge is 0.502 e. The lowest BCUT2D eigenvalue weighted by Crippen LogP contribution is -2.05. The van der Waals surface area contributed by atoms with Crippen molar-refractivity contribution in [1.29, 1.82) is 0 Å². The van der Waals surface area contributed by atoms with Crippen LogP contribution in [0.4, 0.5) is 5.69 Å². The third kappa shape index (κ3) is 2.67. The molecule has 1 aromatic rings. The van der Waals surface area contributed by atoms with Gasteiger partial charge in [0.25, 0.3) is 0 Å². The van der Waals surface area contributed by atoms with Crippen LogP contribution in [0.2, 0.25) is 0 Å². The summed E-state index contributed by atoms with van der Waals surface area (Å²) in [6, 6.07) is 3.19. The van der Waals surface area contributed by atoms with E-state index in [0.29, 0.717) is 0 Å². The second-order valence-corrected chi connectivity index (χ2v) is 3.12. The van der Waals surface area contributed by atoms with E-state index in [1.54, 1.807) is 0 Å². The number of aliphatic hydroxyl groups excluding tert-OH is 1. The standard InChI is InChI=1S/C9H9NO6/c11-7(4-9(13)14)5-1-2-6(10(15)16)8(12)3-5/h1-3,7,11-12H,4H2,(H,13,14)/t7-/m0/s1. The highest BCUT2D eigenvalue weighted by Gasteiger charge is 2.17. The molecule has 0 aliphatic heterocycles. The number of rotatable bonds is 4. The van der Waals surface area contributed by atoms with Crippen molar-refractivity contribution >= 4 is 11.7 Å². The second-order valence-electron chi connectivity index (χ2n) is 3.12. The molecule has 16 heavy (non-hydrogen) atoms. The van der Waals surface area contributed by atoms with Gasteiger partial charge in [-0.15, -0.1) is 0 Å². The second kappa shape index (κ2) is 4.58. The van der Waals surface area contributed by atoms with Crippen LogP contribution in [0.3, 0.4) is 0 Å². The first-order valence-corrected chi connectivity index (χ1v) is 4.29. The molecule has 0 saturated heterocycles. The highest BCUT2D eigenvalue weighted by molar-refractivity contribution is 5.67. The fraction of sp³-hybridized carbons (Fsp3) is 0.222. The summed E-state index contributed by atoms with van der Waals surface area (Å²) in [5, 5.41) is 37.4. The van der Waals surface area contributed by atoms with Crippen LogP contribution in [0, 0.1) is 10.1 Å². The molecule has 0 aliphatic carbocycles. The maximum atomic E-state index is 10.4. The highest BCUT2D eigenvalue weighted by Crippen LogP contribution is 2.29. The predicted molar refractivity (Wildman–Crippen MR) is 52.0 cm³/mol. The molecule has 0 bridgehead atoms. The third-order valence-corrected chi connectivity index (χ3v) is 1.95. The number of carbonyl (C=O) groups is 1. The van der Waals surface area contributed by atoms with Crippen LogP contribution in [0.15, 0.2) is 18.2 Å². The van der Waals surface area contributed by atoms with Gasteiger partial charge in [0, 0.05) is 6.07 Å². The summed E-state index contributed by atoms with van der Waals surface area (Å²) < 4.78 is 0. The first kappa shape index (κ1) is 11.9. The smallest absolute Gasteiger partial charge is 0.310 e. The Morgan fingerprint density at radius 2 is 2.12 bits per heavy atom. The van der Waals surface area contributed by atoms with Gasteiger partial charge in [-0.3, -0.25) is 14.9 Å². The number of aliphatic carboxylic acids is 1. The van der Waals surface area contributed by atoms with Gasteiger partial charge >= 0.3 is 11.7 Å². The van der Waals surface area contributed by atoms with E-state index in [9.17, 15) is 25.1 Å². The third-order valence-electron chi connectivity index (χ3n) is 1.95. The Labute approximate surface area is 89.7 Å². The summed E-state index contributed by atoms with van der Waals surface area (Å²) in [5.74, 6) is -1.81. The number of carboxylic acid groups (broad SMARTS) is 1. The van der Waals surface area contributed by atoms with Crippen LogP contribution >= 0.6 is 0 Å². The molecule has 0 aliphatic rings. The maximum absolute atomic E-state index is 10.4. The predicted octanol–water partition coefficient (Wildman–Crippen LogP) is 0.808. The zero-order chi connectivity index (χ0) is 12.3. The highest BCUT2D eigenvalue weighted by atomic mass is 16.6. The molecule has 1 rings (SSSR count). The molecule has 0 saturated carbocycles. The van der Waals surface area contributed by atoms with Gasteiger partial charge in [-0.25, -0.2) is 0 Å². The summed E-state index contributed by atoms with van der Waals surface area (Å²) >= 11 is 0. The van der Waals surface area contributed by atoms with Gasteiger partial charge in [0.2, 0.25) is 0 Å². The molecule has 1 aromatic carbocycles. The van der Waals surface area contributed by atoms with Crippen molar-refractivity contribution in [3.63, 3.8) is 0 Å². The molecule has 86 valence electrons. The quantitative estimate of drug-likeness (QED) is 0.516. The lowest BCUT2D eigenvalue weighted by Gasteiger charge is -2.08. The topological polar surface area (TPSA) is 121 Å². The molecule has 0 heterocycles. The first-order valence-electron chi connectivity index (χ1n) is 4.29. The number of benzene rings is 1. The molecule has 3 N–H and O–H groups in total. The van der Waals surface area contributed by atoms with Crippen LogP contribution < -0.4 is 0 Å². The Kier molecular flexibility index (Phi) is 3.41. The van der Waals surface area contributed by atoms with Gasteiger partial charge in [0.15, 0.2) is 5.75 Å². The summed E-state index contributed by atoms with van der Waals surface area (Å²) in [4.78, 5) is 19.9. The van der Waals surface area contributed by atoms with Crippen LogP contribution in [-0.4, -0.2) is 26.2 Å². The van der Waals surface area contributed by atoms with Crippen LogP contribution in [0.5, 0.6) is 5.75 Å². The van der Waals surface area contributed by atoms with Crippen LogP contribution in [0.25, 0.3) is 0 Å². The summed E-state index contributed by atoms with van der Waals surface area (Å²) in [6.07, 6.45) is -1.83. The number of carboxylic acids is 1. The van der Waals surface area contributed by atoms with Gasteiger partial charge in [0.1, 0.15) is 0 Å². The number of nitro benzene ring substituents is 1.